The number of rotatable bonds is 6. The van der Waals surface area contributed by atoms with Crippen molar-refractivity contribution in [2.75, 3.05) is 6.54 Å². The molecule has 0 bridgehead atoms. The Labute approximate surface area is 143 Å². The smallest absolute Gasteiger partial charge is 0.310 e. The molecule has 2 N–H and O–H groups in total. The first kappa shape index (κ1) is 17.4. The fraction of sp³-hybridized carbons (Fsp3) is 0.312. The number of aliphatic carboxylic acids is 1. The highest BCUT2D eigenvalue weighted by Crippen LogP contribution is 2.30. The molecule has 5 nitrogen and oxygen atoms in total. The lowest BCUT2D eigenvalue weighted by Gasteiger charge is -2.19. The van der Waals surface area contributed by atoms with E-state index in [2.05, 4.69) is 10.3 Å². The molecule has 1 aromatic carbocycles. The zero-order valence-electron chi connectivity index (χ0n) is 12.8. The van der Waals surface area contributed by atoms with Gasteiger partial charge in [0.25, 0.3) is 0 Å². The average molecular weight is 353 g/mol. The van der Waals surface area contributed by atoms with Crippen LogP contribution in [0.15, 0.2) is 29.6 Å². The molecule has 0 saturated carbocycles. The summed E-state index contributed by atoms with van der Waals surface area (Å²) in [7, 11) is 0. The molecular weight excluding hydrogens is 336 g/mol. The lowest BCUT2D eigenvalue weighted by Crippen LogP contribution is -2.39. The van der Waals surface area contributed by atoms with Crippen molar-refractivity contribution < 1.29 is 14.7 Å². The van der Waals surface area contributed by atoms with Gasteiger partial charge < -0.3 is 10.4 Å². The number of halogens is 1. The highest BCUT2D eigenvalue weighted by atomic mass is 35.5. The number of hydrogen-bond donors (Lipinski definition) is 2. The van der Waals surface area contributed by atoms with Crippen LogP contribution in [-0.4, -0.2) is 28.5 Å². The van der Waals surface area contributed by atoms with E-state index in [4.69, 9.17) is 16.7 Å². The number of thiazole rings is 1. The molecule has 7 heteroatoms. The minimum Gasteiger partial charge on any atom is -0.481 e. The number of aromatic nitrogens is 1. The third kappa shape index (κ3) is 4.53. The summed E-state index contributed by atoms with van der Waals surface area (Å²) < 4.78 is 0. The van der Waals surface area contributed by atoms with Crippen molar-refractivity contribution in [1.29, 1.82) is 0 Å². The topological polar surface area (TPSA) is 79.3 Å². The van der Waals surface area contributed by atoms with E-state index in [1.807, 2.05) is 18.2 Å². The number of nitrogens with one attached hydrogen (secondary N) is 1. The van der Waals surface area contributed by atoms with E-state index >= 15 is 0 Å². The lowest BCUT2D eigenvalue weighted by molar-refractivity contribution is -0.146. The minimum absolute atomic E-state index is 0.0721. The molecule has 0 aliphatic heterocycles. The van der Waals surface area contributed by atoms with Crippen LogP contribution in [0.25, 0.3) is 10.6 Å². The van der Waals surface area contributed by atoms with Gasteiger partial charge in [0.05, 0.1) is 22.6 Å². The van der Waals surface area contributed by atoms with E-state index in [1.54, 1.807) is 25.3 Å². The van der Waals surface area contributed by atoms with Crippen molar-refractivity contribution in [3.05, 3.63) is 40.4 Å². The maximum atomic E-state index is 11.9. The van der Waals surface area contributed by atoms with Crippen LogP contribution < -0.4 is 5.32 Å². The van der Waals surface area contributed by atoms with Gasteiger partial charge in [0.2, 0.25) is 5.91 Å². The van der Waals surface area contributed by atoms with Crippen LogP contribution in [0, 0.1) is 5.41 Å². The number of carboxylic acids is 1. The third-order valence-electron chi connectivity index (χ3n) is 3.30. The zero-order chi connectivity index (χ0) is 17.0. The van der Waals surface area contributed by atoms with Crippen molar-refractivity contribution in [3.8, 4) is 10.6 Å². The number of nitrogens with zero attached hydrogens (tertiary/aromatic N) is 1. The number of carbonyl (C=O) groups is 2. The molecule has 0 aliphatic carbocycles. The predicted molar refractivity (Wildman–Crippen MR) is 90.7 cm³/mol. The Hall–Kier alpha value is -1.92. The first-order chi connectivity index (χ1) is 10.8. The summed E-state index contributed by atoms with van der Waals surface area (Å²) >= 11 is 7.55. The molecule has 1 heterocycles. The van der Waals surface area contributed by atoms with E-state index in [9.17, 15) is 9.59 Å². The molecule has 23 heavy (non-hydrogen) atoms. The maximum absolute atomic E-state index is 11.9. The molecule has 2 aromatic rings. The van der Waals surface area contributed by atoms with Gasteiger partial charge >= 0.3 is 5.97 Å². The van der Waals surface area contributed by atoms with Crippen LogP contribution in [0.5, 0.6) is 0 Å². The summed E-state index contributed by atoms with van der Waals surface area (Å²) in [6.45, 7) is 3.20. The number of amides is 1. The fourth-order valence-electron chi connectivity index (χ4n) is 1.77. The van der Waals surface area contributed by atoms with E-state index in [-0.39, 0.29) is 18.9 Å². The Morgan fingerprint density at radius 1 is 1.35 bits per heavy atom. The molecule has 0 unspecified atom stereocenters. The predicted octanol–water partition coefficient (Wildman–Crippen LogP) is 3.23. The summed E-state index contributed by atoms with van der Waals surface area (Å²) in [4.78, 5) is 27.4. The molecule has 122 valence electrons. The molecule has 0 aliphatic rings. The normalized spacial score (nSPS) is 11.3. The van der Waals surface area contributed by atoms with Crippen LogP contribution >= 0.6 is 22.9 Å². The first-order valence-electron chi connectivity index (χ1n) is 6.99. The van der Waals surface area contributed by atoms with Gasteiger partial charge in [0, 0.05) is 17.5 Å². The van der Waals surface area contributed by atoms with Crippen molar-refractivity contribution >= 4 is 34.8 Å². The minimum atomic E-state index is -1.000. The van der Waals surface area contributed by atoms with Gasteiger partial charge in [-0.25, -0.2) is 4.98 Å². The summed E-state index contributed by atoms with van der Waals surface area (Å²) in [6, 6.07) is 7.39. The van der Waals surface area contributed by atoms with Crippen LogP contribution in [0.1, 0.15) is 19.5 Å². The van der Waals surface area contributed by atoms with Crippen molar-refractivity contribution in [2.24, 2.45) is 5.41 Å². The number of carboxylic acid groups (broad SMARTS) is 1. The molecule has 0 atom stereocenters. The highest BCUT2D eigenvalue weighted by molar-refractivity contribution is 7.13. The lowest BCUT2D eigenvalue weighted by atomic mass is 9.94. The molecule has 0 spiro atoms. The Morgan fingerprint density at radius 2 is 2.04 bits per heavy atom. The average Bonchev–Trinajstić information content (AvgIpc) is 2.94. The van der Waals surface area contributed by atoms with Crippen molar-refractivity contribution in [2.45, 2.75) is 20.3 Å². The largest absolute Gasteiger partial charge is 0.481 e. The molecular formula is C16H17ClN2O3S. The van der Waals surface area contributed by atoms with Gasteiger partial charge in [0.15, 0.2) is 0 Å². The summed E-state index contributed by atoms with van der Waals surface area (Å²) in [5.41, 5.74) is 0.467. The number of hydrogen-bond acceptors (Lipinski definition) is 4. The van der Waals surface area contributed by atoms with Gasteiger partial charge in [-0.1, -0.05) is 29.8 Å². The second-order valence-electron chi connectivity index (χ2n) is 5.77. The summed E-state index contributed by atoms with van der Waals surface area (Å²) in [5.74, 6) is -1.21. The molecule has 1 amide bonds. The summed E-state index contributed by atoms with van der Waals surface area (Å²) in [6.07, 6.45) is 0.108. The fourth-order valence-corrected chi connectivity index (χ4v) is 2.91. The van der Waals surface area contributed by atoms with Crippen LogP contribution in [0.4, 0.5) is 0 Å². The standard InChI is InChI=1S/C16H17ClN2O3S/c1-16(2,15(21)22)9-18-13(20)7-10-8-23-14(19-10)11-5-3-4-6-12(11)17/h3-6,8H,7,9H2,1-2H3,(H,18,20)(H,21,22). The number of benzene rings is 1. The van der Waals surface area contributed by atoms with Crippen LogP contribution in [-0.2, 0) is 16.0 Å². The highest BCUT2D eigenvalue weighted by Gasteiger charge is 2.27. The van der Waals surface area contributed by atoms with Gasteiger partial charge in [-0.05, 0) is 19.9 Å². The Balaban J connectivity index is 1.98. The quantitative estimate of drug-likeness (QED) is 0.836. The second kappa shape index (κ2) is 7.10. The monoisotopic (exact) mass is 352 g/mol. The molecule has 2 rings (SSSR count). The van der Waals surface area contributed by atoms with Gasteiger partial charge in [-0.15, -0.1) is 11.3 Å². The maximum Gasteiger partial charge on any atom is 0.310 e. The Bertz CT molecular complexity index is 728. The SMILES string of the molecule is CC(C)(CNC(=O)Cc1csc(-c2ccccc2Cl)n1)C(=O)O. The van der Waals surface area contributed by atoms with Gasteiger partial charge in [0.1, 0.15) is 5.01 Å². The van der Waals surface area contributed by atoms with Crippen LogP contribution in [0.2, 0.25) is 5.02 Å². The number of carbonyl (C=O) groups excluding carboxylic acids is 1. The van der Waals surface area contributed by atoms with Gasteiger partial charge in [-0.2, -0.15) is 0 Å². The summed E-state index contributed by atoms with van der Waals surface area (Å²) in [5, 5.41) is 14.8. The van der Waals surface area contributed by atoms with E-state index in [0.717, 1.165) is 10.6 Å². The first-order valence-corrected chi connectivity index (χ1v) is 8.25. The van der Waals surface area contributed by atoms with Gasteiger partial charge in [-0.3, -0.25) is 9.59 Å². The Kier molecular flexibility index (Phi) is 5.38. The zero-order valence-corrected chi connectivity index (χ0v) is 14.4. The van der Waals surface area contributed by atoms with Crippen molar-refractivity contribution in [1.82, 2.24) is 10.3 Å². The second-order valence-corrected chi connectivity index (χ2v) is 7.03. The van der Waals surface area contributed by atoms with E-state index < -0.39 is 11.4 Å². The molecule has 1 aromatic heterocycles. The molecule has 0 fully saturated rings. The van der Waals surface area contributed by atoms with E-state index in [1.165, 1.54) is 11.3 Å². The van der Waals surface area contributed by atoms with E-state index in [0.29, 0.717) is 10.7 Å². The Morgan fingerprint density at radius 3 is 2.70 bits per heavy atom. The van der Waals surface area contributed by atoms with Crippen LogP contribution in [0.3, 0.4) is 0 Å². The third-order valence-corrected chi connectivity index (χ3v) is 4.56. The molecule has 0 radical (unpaired) electrons. The molecule has 0 saturated heterocycles. The van der Waals surface area contributed by atoms with Crippen molar-refractivity contribution in [3.63, 3.8) is 0 Å².